The zero-order valence-electron chi connectivity index (χ0n) is 15.6. The summed E-state index contributed by atoms with van der Waals surface area (Å²) in [6.45, 7) is 1.84. The van der Waals surface area contributed by atoms with E-state index in [1.54, 1.807) is 23.5 Å². The smallest absolute Gasteiger partial charge is 0.315 e. The lowest BCUT2D eigenvalue weighted by Crippen LogP contribution is -2.37. The Labute approximate surface area is 172 Å². The minimum Gasteiger partial charge on any atom is -0.468 e. The average molecular weight is 414 g/mol. The molecule has 0 bridgehead atoms. The minimum atomic E-state index is -0.604. The Bertz CT molecular complexity index is 976. The number of Topliss-reactive ketones (excluding diaryl/α,β-unsaturated/α-hetero) is 1. The molecule has 0 spiro atoms. The van der Waals surface area contributed by atoms with E-state index in [9.17, 15) is 9.59 Å². The molecule has 0 N–H and O–H groups in total. The van der Waals surface area contributed by atoms with Gasteiger partial charge in [-0.25, -0.2) is 0 Å². The minimum absolute atomic E-state index is 0.0600. The first-order chi connectivity index (χ1) is 13.5. The van der Waals surface area contributed by atoms with Crippen molar-refractivity contribution in [1.29, 1.82) is 0 Å². The van der Waals surface area contributed by atoms with Crippen LogP contribution in [0.15, 0.2) is 58.0 Å². The van der Waals surface area contributed by atoms with Gasteiger partial charge < -0.3 is 4.74 Å². The van der Waals surface area contributed by atoms with Crippen LogP contribution in [0.1, 0.15) is 42.0 Å². The number of carbonyl (C=O) groups excluding carboxylic acids is 2. The van der Waals surface area contributed by atoms with Crippen LogP contribution in [0.3, 0.4) is 0 Å². The second kappa shape index (κ2) is 7.64. The molecule has 1 unspecified atom stereocenters. The number of hydrogen-bond acceptors (Lipinski definition) is 5. The third-order valence-corrected chi connectivity index (χ3v) is 6.81. The maximum atomic E-state index is 13.2. The van der Waals surface area contributed by atoms with Gasteiger partial charge in [-0.3, -0.25) is 14.6 Å². The molecular formula is C22H20ClNO3S. The normalized spacial score (nSPS) is 24.6. The van der Waals surface area contributed by atoms with Crippen LogP contribution < -0.4 is 0 Å². The summed E-state index contributed by atoms with van der Waals surface area (Å²) >= 11 is 7.72. The predicted molar refractivity (Wildman–Crippen MR) is 111 cm³/mol. The van der Waals surface area contributed by atoms with Crippen molar-refractivity contribution in [1.82, 2.24) is 0 Å². The molecular weight excluding hydrogens is 394 g/mol. The molecule has 1 aromatic heterocycles. The number of rotatable bonds is 3. The van der Waals surface area contributed by atoms with Crippen molar-refractivity contribution in [2.45, 2.75) is 31.6 Å². The molecule has 0 amide bonds. The van der Waals surface area contributed by atoms with E-state index < -0.39 is 11.8 Å². The standard InChI is InChI=1S/C22H20ClNO3S/c1-12-19(22(26)27-2)20(13-5-7-15(23)8-6-13)21-16(24-12)10-14(11-17(21)25)18-4-3-9-28-18/h3-9,14,19-20H,10-11H2,1-2H3/t14-,19?,20+/m0/s1. The van der Waals surface area contributed by atoms with E-state index in [-0.39, 0.29) is 17.7 Å². The van der Waals surface area contributed by atoms with Crippen LogP contribution in [0.5, 0.6) is 0 Å². The van der Waals surface area contributed by atoms with E-state index in [0.717, 1.165) is 11.3 Å². The summed E-state index contributed by atoms with van der Waals surface area (Å²) in [4.78, 5) is 31.8. The van der Waals surface area contributed by atoms with Crippen molar-refractivity contribution in [2.75, 3.05) is 7.11 Å². The van der Waals surface area contributed by atoms with Gasteiger partial charge in [0.2, 0.25) is 0 Å². The van der Waals surface area contributed by atoms with Crippen molar-refractivity contribution < 1.29 is 14.3 Å². The summed E-state index contributed by atoms with van der Waals surface area (Å²) in [5, 5.41) is 2.64. The number of thiophene rings is 1. The highest BCUT2D eigenvalue weighted by Crippen LogP contribution is 2.47. The Morgan fingerprint density at radius 1 is 1.21 bits per heavy atom. The highest BCUT2D eigenvalue weighted by Gasteiger charge is 2.44. The van der Waals surface area contributed by atoms with E-state index in [1.165, 1.54) is 12.0 Å². The van der Waals surface area contributed by atoms with Gasteiger partial charge in [0.05, 0.1) is 7.11 Å². The first-order valence-corrected chi connectivity index (χ1v) is 10.4. The lowest BCUT2D eigenvalue weighted by Gasteiger charge is -2.36. The molecule has 1 aromatic carbocycles. The highest BCUT2D eigenvalue weighted by molar-refractivity contribution is 7.10. The summed E-state index contributed by atoms with van der Waals surface area (Å²) in [6, 6.07) is 11.4. The number of ketones is 1. The summed E-state index contributed by atoms with van der Waals surface area (Å²) in [7, 11) is 1.37. The van der Waals surface area contributed by atoms with Gasteiger partial charge in [0, 0.05) is 45.1 Å². The van der Waals surface area contributed by atoms with Crippen LogP contribution in [-0.4, -0.2) is 24.6 Å². The Morgan fingerprint density at radius 3 is 2.61 bits per heavy atom. The third kappa shape index (κ3) is 3.33. The molecule has 144 valence electrons. The molecule has 28 heavy (non-hydrogen) atoms. The van der Waals surface area contributed by atoms with Crippen LogP contribution in [0.25, 0.3) is 0 Å². The summed E-state index contributed by atoms with van der Waals surface area (Å²) in [5.74, 6) is -1.17. The number of benzene rings is 1. The lowest BCUT2D eigenvalue weighted by atomic mass is 9.70. The lowest BCUT2D eigenvalue weighted by molar-refractivity contribution is -0.143. The van der Waals surface area contributed by atoms with Gasteiger partial charge >= 0.3 is 5.97 Å². The van der Waals surface area contributed by atoms with E-state index >= 15 is 0 Å². The molecule has 6 heteroatoms. The monoisotopic (exact) mass is 413 g/mol. The van der Waals surface area contributed by atoms with Crippen LogP contribution in [0.4, 0.5) is 0 Å². The Morgan fingerprint density at radius 2 is 1.96 bits per heavy atom. The fourth-order valence-corrected chi connectivity index (χ4v) is 5.20. The summed E-state index contributed by atoms with van der Waals surface area (Å²) in [5.41, 5.74) is 3.01. The molecule has 3 atom stereocenters. The van der Waals surface area contributed by atoms with Gasteiger partial charge in [0.15, 0.2) is 5.78 Å². The zero-order valence-corrected chi connectivity index (χ0v) is 17.2. The number of nitrogens with zero attached hydrogens (tertiary/aromatic N) is 1. The molecule has 4 nitrogen and oxygen atoms in total. The molecule has 1 aliphatic carbocycles. The summed E-state index contributed by atoms with van der Waals surface area (Å²) < 4.78 is 5.05. The average Bonchev–Trinajstić information content (AvgIpc) is 3.21. The first kappa shape index (κ1) is 19.1. The predicted octanol–water partition coefficient (Wildman–Crippen LogP) is 5.15. The maximum Gasteiger partial charge on any atom is 0.315 e. The van der Waals surface area contributed by atoms with E-state index in [4.69, 9.17) is 21.3 Å². The largest absolute Gasteiger partial charge is 0.468 e. The molecule has 0 radical (unpaired) electrons. The Balaban J connectivity index is 1.82. The van der Waals surface area contributed by atoms with Gasteiger partial charge in [-0.1, -0.05) is 29.8 Å². The van der Waals surface area contributed by atoms with Crippen LogP contribution >= 0.6 is 22.9 Å². The number of esters is 1. The van der Waals surface area contributed by atoms with Crippen LogP contribution in [0.2, 0.25) is 5.02 Å². The van der Waals surface area contributed by atoms with Crippen molar-refractivity contribution in [2.24, 2.45) is 10.9 Å². The SMILES string of the molecule is COC(=O)C1C(C)=NC2=C(C(=O)C[C@@H](c3cccs3)C2)[C@@H]1c1ccc(Cl)cc1. The fraction of sp³-hybridized carbons (Fsp3) is 0.318. The molecule has 4 rings (SSSR count). The molecule has 2 aliphatic rings. The van der Waals surface area contributed by atoms with Gasteiger partial charge in [0.1, 0.15) is 5.92 Å². The molecule has 2 heterocycles. The molecule has 0 fully saturated rings. The fourth-order valence-electron chi connectivity index (χ4n) is 4.25. The quantitative estimate of drug-likeness (QED) is 0.654. The van der Waals surface area contributed by atoms with Gasteiger partial charge in [-0.2, -0.15) is 0 Å². The Hall–Kier alpha value is -2.24. The molecule has 0 saturated carbocycles. The van der Waals surface area contributed by atoms with Crippen molar-refractivity contribution >= 4 is 40.4 Å². The molecule has 1 aliphatic heterocycles. The van der Waals surface area contributed by atoms with E-state index in [2.05, 4.69) is 6.07 Å². The van der Waals surface area contributed by atoms with Gasteiger partial charge in [-0.05, 0) is 42.5 Å². The highest BCUT2D eigenvalue weighted by atomic mass is 35.5. The van der Waals surface area contributed by atoms with Crippen molar-refractivity contribution in [3.05, 3.63) is 68.5 Å². The van der Waals surface area contributed by atoms with Crippen LogP contribution in [0, 0.1) is 5.92 Å². The number of ether oxygens (including phenoxy) is 1. The van der Waals surface area contributed by atoms with Gasteiger partial charge in [0.25, 0.3) is 0 Å². The number of allylic oxidation sites excluding steroid dienone is 2. The number of methoxy groups -OCH3 is 1. The van der Waals surface area contributed by atoms with Gasteiger partial charge in [-0.15, -0.1) is 11.3 Å². The molecule has 0 saturated heterocycles. The third-order valence-electron chi connectivity index (χ3n) is 5.52. The van der Waals surface area contributed by atoms with E-state index in [1.807, 2.05) is 30.5 Å². The number of hydrogen-bond donors (Lipinski definition) is 0. The number of aliphatic imine (C=N–C) groups is 1. The second-order valence-electron chi connectivity index (χ2n) is 7.19. The Kier molecular flexibility index (Phi) is 5.21. The summed E-state index contributed by atoms with van der Waals surface area (Å²) in [6.07, 6.45) is 1.14. The molecule has 2 aromatic rings. The van der Waals surface area contributed by atoms with E-state index in [0.29, 0.717) is 29.1 Å². The maximum absolute atomic E-state index is 13.2. The first-order valence-electron chi connectivity index (χ1n) is 9.17. The van der Waals surface area contributed by atoms with Crippen molar-refractivity contribution in [3.63, 3.8) is 0 Å². The van der Waals surface area contributed by atoms with Crippen LogP contribution in [-0.2, 0) is 14.3 Å². The zero-order chi connectivity index (χ0) is 19.8. The second-order valence-corrected chi connectivity index (χ2v) is 8.60. The topological polar surface area (TPSA) is 55.7 Å². The number of carbonyl (C=O) groups is 2. The number of halogens is 1. The van der Waals surface area contributed by atoms with Crippen molar-refractivity contribution in [3.8, 4) is 0 Å².